The molecule has 22 heavy (non-hydrogen) atoms. The van der Waals surface area contributed by atoms with Crippen molar-refractivity contribution in [3.63, 3.8) is 0 Å². The normalized spacial score (nSPS) is 10.6. The van der Waals surface area contributed by atoms with Gasteiger partial charge in [-0.3, -0.25) is 9.78 Å². The summed E-state index contributed by atoms with van der Waals surface area (Å²) in [5.74, 6) is 1.73. The first kappa shape index (κ1) is 14.1. The van der Waals surface area contributed by atoms with Crippen LogP contribution in [0.3, 0.4) is 0 Å². The predicted molar refractivity (Wildman–Crippen MR) is 79.1 cm³/mol. The molecule has 0 saturated carbocycles. The van der Waals surface area contributed by atoms with Gasteiger partial charge in [0.1, 0.15) is 28.5 Å². The highest BCUT2D eigenvalue weighted by atomic mass is 16.5. The third-order valence-electron chi connectivity index (χ3n) is 3.26. The average molecular weight is 297 g/mol. The molecule has 3 heterocycles. The van der Waals surface area contributed by atoms with Crippen LogP contribution in [0.1, 0.15) is 27.6 Å². The number of carbonyl (C=O) groups excluding carboxylic acids is 1. The molecule has 6 nitrogen and oxygen atoms in total. The lowest BCUT2D eigenvalue weighted by atomic mass is 10.1. The SMILES string of the molecule is Cc1ccc(CNC(=O)c2c(-c3ccncc3)noc2C)o1. The molecular formula is C16H15N3O3. The van der Waals surface area contributed by atoms with Crippen LogP contribution in [0.2, 0.25) is 0 Å². The van der Waals surface area contributed by atoms with Crippen LogP contribution in [0.5, 0.6) is 0 Å². The largest absolute Gasteiger partial charge is 0.465 e. The fourth-order valence-corrected chi connectivity index (χ4v) is 2.18. The van der Waals surface area contributed by atoms with Gasteiger partial charge in [-0.1, -0.05) is 5.16 Å². The van der Waals surface area contributed by atoms with Crippen LogP contribution in [0, 0.1) is 13.8 Å². The third kappa shape index (κ3) is 2.76. The monoisotopic (exact) mass is 297 g/mol. The van der Waals surface area contributed by atoms with Gasteiger partial charge in [0, 0.05) is 18.0 Å². The Morgan fingerprint density at radius 2 is 1.95 bits per heavy atom. The first-order chi connectivity index (χ1) is 10.6. The van der Waals surface area contributed by atoms with E-state index in [1.54, 1.807) is 31.5 Å². The van der Waals surface area contributed by atoms with E-state index in [4.69, 9.17) is 8.94 Å². The van der Waals surface area contributed by atoms with Crippen LogP contribution in [0.15, 0.2) is 45.6 Å². The molecule has 112 valence electrons. The summed E-state index contributed by atoms with van der Waals surface area (Å²) in [5.41, 5.74) is 1.72. The minimum Gasteiger partial charge on any atom is -0.465 e. The Bertz CT molecular complexity index is 790. The number of nitrogens with one attached hydrogen (secondary N) is 1. The van der Waals surface area contributed by atoms with Crippen molar-refractivity contribution in [1.82, 2.24) is 15.5 Å². The number of pyridine rings is 1. The number of hydrogen-bond donors (Lipinski definition) is 1. The smallest absolute Gasteiger partial charge is 0.257 e. The molecule has 0 radical (unpaired) electrons. The molecule has 0 fully saturated rings. The van der Waals surface area contributed by atoms with Crippen molar-refractivity contribution >= 4 is 5.91 Å². The zero-order valence-electron chi connectivity index (χ0n) is 12.3. The molecule has 3 aromatic heterocycles. The van der Waals surface area contributed by atoms with Gasteiger partial charge >= 0.3 is 0 Å². The van der Waals surface area contributed by atoms with Crippen LogP contribution in [0.25, 0.3) is 11.3 Å². The summed E-state index contributed by atoms with van der Waals surface area (Å²) < 4.78 is 10.6. The van der Waals surface area contributed by atoms with Crippen LogP contribution in [-0.2, 0) is 6.54 Å². The number of rotatable bonds is 4. The Morgan fingerprint density at radius 3 is 2.64 bits per heavy atom. The summed E-state index contributed by atoms with van der Waals surface area (Å²) >= 11 is 0. The van der Waals surface area contributed by atoms with Gasteiger partial charge in [0.2, 0.25) is 0 Å². The maximum absolute atomic E-state index is 12.4. The molecular weight excluding hydrogens is 282 g/mol. The van der Waals surface area contributed by atoms with Gasteiger partial charge in [0.25, 0.3) is 5.91 Å². The summed E-state index contributed by atoms with van der Waals surface area (Å²) in [6.45, 7) is 3.88. The molecule has 0 aliphatic carbocycles. The van der Waals surface area contributed by atoms with E-state index in [2.05, 4.69) is 15.5 Å². The minimum atomic E-state index is -0.250. The van der Waals surface area contributed by atoms with Crippen LogP contribution in [0.4, 0.5) is 0 Å². The van der Waals surface area contributed by atoms with E-state index in [9.17, 15) is 4.79 Å². The molecule has 6 heteroatoms. The molecule has 0 aliphatic heterocycles. The van der Waals surface area contributed by atoms with E-state index < -0.39 is 0 Å². The quantitative estimate of drug-likeness (QED) is 0.800. The Kier molecular flexibility index (Phi) is 3.74. The second-order valence-corrected chi connectivity index (χ2v) is 4.89. The van der Waals surface area contributed by atoms with E-state index in [1.165, 1.54) is 0 Å². The van der Waals surface area contributed by atoms with Gasteiger partial charge in [0.05, 0.1) is 6.54 Å². The average Bonchev–Trinajstić information content (AvgIpc) is 3.12. The molecule has 0 atom stereocenters. The number of aryl methyl sites for hydroxylation is 2. The van der Waals surface area contributed by atoms with E-state index in [0.29, 0.717) is 29.3 Å². The van der Waals surface area contributed by atoms with Crippen molar-refractivity contribution in [1.29, 1.82) is 0 Å². The topological polar surface area (TPSA) is 81.2 Å². The fourth-order valence-electron chi connectivity index (χ4n) is 2.18. The van der Waals surface area contributed by atoms with Gasteiger partial charge in [-0.05, 0) is 38.1 Å². The van der Waals surface area contributed by atoms with E-state index in [1.807, 2.05) is 19.1 Å². The van der Waals surface area contributed by atoms with Crippen molar-refractivity contribution in [2.75, 3.05) is 0 Å². The van der Waals surface area contributed by atoms with Gasteiger partial charge in [-0.15, -0.1) is 0 Å². The van der Waals surface area contributed by atoms with E-state index in [0.717, 1.165) is 11.3 Å². The van der Waals surface area contributed by atoms with Gasteiger partial charge in [-0.2, -0.15) is 0 Å². The maximum atomic E-state index is 12.4. The molecule has 0 aliphatic rings. The summed E-state index contributed by atoms with van der Waals surface area (Å²) in [6, 6.07) is 7.25. The molecule has 3 aromatic rings. The number of carbonyl (C=O) groups is 1. The summed E-state index contributed by atoms with van der Waals surface area (Å²) in [7, 11) is 0. The molecule has 1 N–H and O–H groups in total. The predicted octanol–water partition coefficient (Wildman–Crippen LogP) is 2.88. The molecule has 3 rings (SSSR count). The summed E-state index contributed by atoms with van der Waals surface area (Å²) in [6.07, 6.45) is 3.29. The van der Waals surface area contributed by atoms with Crippen LogP contribution < -0.4 is 5.32 Å². The number of nitrogens with zero attached hydrogens (tertiary/aromatic N) is 2. The lowest BCUT2D eigenvalue weighted by Crippen LogP contribution is -2.23. The first-order valence-corrected chi connectivity index (χ1v) is 6.85. The van der Waals surface area contributed by atoms with E-state index >= 15 is 0 Å². The Hall–Kier alpha value is -2.89. The van der Waals surface area contributed by atoms with E-state index in [-0.39, 0.29) is 5.91 Å². The fraction of sp³-hybridized carbons (Fsp3) is 0.188. The molecule has 1 amide bonds. The van der Waals surface area contributed by atoms with Gasteiger partial charge < -0.3 is 14.3 Å². The van der Waals surface area contributed by atoms with Gasteiger partial charge in [0.15, 0.2) is 0 Å². The van der Waals surface area contributed by atoms with Crippen molar-refractivity contribution in [3.05, 3.63) is 59.5 Å². The number of furan rings is 1. The maximum Gasteiger partial charge on any atom is 0.257 e. The van der Waals surface area contributed by atoms with Crippen LogP contribution in [-0.4, -0.2) is 16.0 Å². The molecule has 0 saturated heterocycles. The van der Waals surface area contributed by atoms with Crippen molar-refractivity contribution in [2.24, 2.45) is 0 Å². The lowest BCUT2D eigenvalue weighted by Gasteiger charge is -2.04. The van der Waals surface area contributed by atoms with Crippen molar-refractivity contribution < 1.29 is 13.7 Å². The molecule has 0 spiro atoms. The van der Waals surface area contributed by atoms with Gasteiger partial charge in [-0.25, -0.2) is 0 Å². The van der Waals surface area contributed by atoms with Crippen molar-refractivity contribution in [3.8, 4) is 11.3 Å². The first-order valence-electron chi connectivity index (χ1n) is 6.85. The number of aromatic nitrogens is 2. The highest BCUT2D eigenvalue weighted by Gasteiger charge is 2.21. The Morgan fingerprint density at radius 1 is 1.18 bits per heavy atom. The third-order valence-corrected chi connectivity index (χ3v) is 3.26. The van der Waals surface area contributed by atoms with Crippen LogP contribution >= 0.6 is 0 Å². The second kappa shape index (κ2) is 5.85. The molecule has 0 unspecified atom stereocenters. The number of amides is 1. The Balaban J connectivity index is 1.82. The van der Waals surface area contributed by atoms with Crippen molar-refractivity contribution in [2.45, 2.75) is 20.4 Å². The minimum absolute atomic E-state index is 0.250. The lowest BCUT2D eigenvalue weighted by molar-refractivity contribution is 0.0947. The number of hydrogen-bond acceptors (Lipinski definition) is 5. The summed E-state index contributed by atoms with van der Waals surface area (Å²) in [4.78, 5) is 16.4. The standard InChI is InChI=1S/C16H15N3O3/c1-10-3-4-13(21-10)9-18-16(20)14-11(2)22-19-15(14)12-5-7-17-8-6-12/h3-8H,9H2,1-2H3,(H,18,20). The highest BCUT2D eigenvalue weighted by molar-refractivity contribution is 6.00. The molecule has 0 aromatic carbocycles. The second-order valence-electron chi connectivity index (χ2n) is 4.89. The zero-order valence-corrected chi connectivity index (χ0v) is 12.3. The zero-order chi connectivity index (χ0) is 15.5. The Labute approximate surface area is 127 Å². The highest BCUT2D eigenvalue weighted by Crippen LogP contribution is 2.24. The molecule has 0 bridgehead atoms. The summed E-state index contributed by atoms with van der Waals surface area (Å²) in [5, 5.41) is 6.80.